The van der Waals surface area contributed by atoms with Gasteiger partial charge in [0.15, 0.2) is 9.84 Å². The largest absolute Gasteiger partial charge is 0.506 e. The average molecular weight is 300 g/mol. The SMILES string of the molecule is CC[C@H](C)[C@H](N)C(=O)Nc1cc(S(C)(=O)=O)ccc1O. The first kappa shape index (κ1) is 16.5. The second-order valence-corrected chi connectivity index (χ2v) is 6.87. The number of sulfone groups is 1. The highest BCUT2D eigenvalue weighted by atomic mass is 32.2. The maximum Gasteiger partial charge on any atom is 0.241 e. The Bertz CT molecular complexity index is 598. The molecule has 0 bridgehead atoms. The molecule has 0 aromatic heterocycles. The van der Waals surface area contributed by atoms with E-state index in [1.807, 2.05) is 13.8 Å². The molecule has 0 aliphatic rings. The Labute approximate surface area is 118 Å². The molecule has 7 heteroatoms. The van der Waals surface area contributed by atoms with Crippen LogP contribution >= 0.6 is 0 Å². The molecule has 6 nitrogen and oxygen atoms in total. The van der Waals surface area contributed by atoms with E-state index in [1.165, 1.54) is 18.2 Å². The molecule has 1 rings (SSSR count). The number of amides is 1. The van der Waals surface area contributed by atoms with E-state index in [1.54, 1.807) is 0 Å². The number of carbonyl (C=O) groups is 1. The van der Waals surface area contributed by atoms with Gasteiger partial charge in [-0.25, -0.2) is 8.42 Å². The van der Waals surface area contributed by atoms with Gasteiger partial charge < -0.3 is 16.2 Å². The molecule has 4 N–H and O–H groups in total. The Balaban J connectivity index is 3.01. The van der Waals surface area contributed by atoms with Crippen LogP contribution in [0.5, 0.6) is 5.75 Å². The first-order valence-electron chi connectivity index (χ1n) is 6.26. The van der Waals surface area contributed by atoms with Crippen molar-refractivity contribution >= 4 is 21.4 Å². The van der Waals surface area contributed by atoms with Gasteiger partial charge in [-0.2, -0.15) is 0 Å². The number of hydrogen-bond acceptors (Lipinski definition) is 5. The number of nitrogens with one attached hydrogen (secondary N) is 1. The number of nitrogens with two attached hydrogens (primary N) is 1. The van der Waals surface area contributed by atoms with E-state index >= 15 is 0 Å². The average Bonchev–Trinajstić information content (AvgIpc) is 2.38. The minimum Gasteiger partial charge on any atom is -0.506 e. The zero-order valence-electron chi connectivity index (χ0n) is 11.8. The van der Waals surface area contributed by atoms with Gasteiger partial charge >= 0.3 is 0 Å². The molecule has 0 unspecified atom stereocenters. The summed E-state index contributed by atoms with van der Waals surface area (Å²) in [7, 11) is -3.41. The molecule has 1 amide bonds. The summed E-state index contributed by atoms with van der Waals surface area (Å²) in [6, 6.07) is 2.99. The van der Waals surface area contributed by atoms with Crippen molar-refractivity contribution in [3.8, 4) is 5.75 Å². The number of carbonyl (C=O) groups excluding carboxylic acids is 1. The van der Waals surface area contributed by atoms with Gasteiger partial charge in [-0.1, -0.05) is 20.3 Å². The molecule has 0 heterocycles. The summed E-state index contributed by atoms with van der Waals surface area (Å²) in [6.07, 6.45) is 1.79. The zero-order valence-corrected chi connectivity index (χ0v) is 12.6. The number of phenolic OH excluding ortho intramolecular Hbond substituents is 1. The van der Waals surface area contributed by atoms with Crippen molar-refractivity contribution in [3.63, 3.8) is 0 Å². The normalized spacial score (nSPS) is 14.6. The first-order chi connectivity index (χ1) is 9.16. The fourth-order valence-corrected chi connectivity index (χ4v) is 2.22. The lowest BCUT2D eigenvalue weighted by Crippen LogP contribution is -2.40. The maximum atomic E-state index is 11.9. The Hall–Kier alpha value is -1.60. The van der Waals surface area contributed by atoms with E-state index in [9.17, 15) is 18.3 Å². The van der Waals surface area contributed by atoms with E-state index in [4.69, 9.17) is 5.73 Å². The minimum absolute atomic E-state index is 0.0164. The van der Waals surface area contributed by atoms with E-state index in [2.05, 4.69) is 5.32 Å². The molecule has 0 spiro atoms. The molecular formula is C13H20N2O4S. The maximum absolute atomic E-state index is 11.9. The Kier molecular flexibility index (Phi) is 5.13. The van der Waals surface area contributed by atoms with Crippen LogP contribution in [0.4, 0.5) is 5.69 Å². The van der Waals surface area contributed by atoms with Gasteiger partial charge in [-0.15, -0.1) is 0 Å². The van der Waals surface area contributed by atoms with Crippen LogP contribution in [-0.4, -0.2) is 31.7 Å². The van der Waals surface area contributed by atoms with Crippen LogP contribution in [0.1, 0.15) is 20.3 Å². The van der Waals surface area contributed by atoms with Gasteiger partial charge in [0.2, 0.25) is 5.91 Å². The third kappa shape index (κ3) is 3.94. The van der Waals surface area contributed by atoms with Crippen LogP contribution in [0, 0.1) is 5.92 Å². The Morgan fingerprint density at radius 3 is 2.55 bits per heavy atom. The molecule has 0 radical (unpaired) electrons. The van der Waals surface area contributed by atoms with Gasteiger partial charge in [0.1, 0.15) is 5.75 Å². The lowest BCUT2D eigenvalue weighted by molar-refractivity contribution is -0.118. The third-order valence-corrected chi connectivity index (χ3v) is 4.32. The van der Waals surface area contributed by atoms with Gasteiger partial charge in [0.05, 0.1) is 16.6 Å². The molecule has 0 aliphatic carbocycles. The summed E-state index contributed by atoms with van der Waals surface area (Å²) in [5.74, 6) is -0.683. The molecular weight excluding hydrogens is 280 g/mol. The first-order valence-corrected chi connectivity index (χ1v) is 8.15. The smallest absolute Gasteiger partial charge is 0.241 e. The Morgan fingerprint density at radius 2 is 2.05 bits per heavy atom. The molecule has 0 saturated carbocycles. The van der Waals surface area contributed by atoms with Crippen molar-refractivity contribution < 1.29 is 18.3 Å². The Morgan fingerprint density at radius 1 is 1.45 bits per heavy atom. The van der Waals surface area contributed by atoms with Crippen LogP contribution in [0.15, 0.2) is 23.1 Å². The van der Waals surface area contributed by atoms with Crippen molar-refractivity contribution in [3.05, 3.63) is 18.2 Å². The quantitative estimate of drug-likeness (QED) is 0.706. The lowest BCUT2D eigenvalue weighted by atomic mass is 9.99. The lowest BCUT2D eigenvalue weighted by Gasteiger charge is -2.18. The highest BCUT2D eigenvalue weighted by Crippen LogP contribution is 2.26. The number of phenols is 1. The molecule has 112 valence electrons. The summed E-state index contributed by atoms with van der Waals surface area (Å²) in [6.45, 7) is 3.76. The van der Waals surface area contributed by atoms with Crippen molar-refractivity contribution in [2.24, 2.45) is 11.7 Å². The fraction of sp³-hybridized carbons (Fsp3) is 0.462. The van der Waals surface area contributed by atoms with Crippen LogP contribution in [0.25, 0.3) is 0 Å². The standard InChI is InChI=1S/C13H20N2O4S/c1-4-8(2)12(14)13(17)15-10-7-9(20(3,18)19)5-6-11(10)16/h5-8,12,16H,4,14H2,1-3H3,(H,15,17)/t8-,12-/m0/s1. The number of rotatable bonds is 5. The van der Waals surface area contributed by atoms with E-state index in [-0.39, 0.29) is 22.3 Å². The molecule has 20 heavy (non-hydrogen) atoms. The topological polar surface area (TPSA) is 109 Å². The summed E-state index contributed by atoms with van der Waals surface area (Å²) in [4.78, 5) is 11.9. The third-order valence-electron chi connectivity index (χ3n) is 3.21. The zero-order chi connectivity index (χ0) is 15.5. The summed E-state index contributed by atoms with van der Waals surface area (Å²) in [5, 5.41) is 12.1. The molecule has 0 fully saturated rings. The molecule has 1 aromatic rings. The summed E-state index contributed by atoms with van der Waals surface area (Å²) in [5.41, 5.74) is 5.82. The number of anilines is 1. The van der Waals surface area contributed by atoms with Crippen molar-refractivity contribution in [2.45, 2.75) is 31.2 Å². The predicted octanol–water partition coefficient (Wildman–Crippen LogP) is 1.11. The van der Waals surface area contributed by atoms with Gasteiger partial charge in [0.25, 0.3) is 0 Å². The van der Waals surface area contributed by atoms with Crippen LogP contribution < -0.4 is 11.1 Å². The molecule has 0 saturated heterocycles. The van der Waals surface area contributed by atoms with Crippen LogP contribution in [0.3, 0.4) is 0 Å². The number of benzene rings is 1. The van der Waals surface area contributed by atoms with Gasteiger partial charge in [0, 0.05) is 6.26 Å². The molecule has 1 aromatic carbocycles. The highest BCUT2D eigenvalue weighted by Gasteiger charge is 2.21. The second kappa shape index (κ2) is 6.23. The summed E-state index contributed by atoms with van der Waals surface area (Å²) < 4.78 is 22.9. The second-order valence-electron chi connectivity index (χ2n) is 4.85. The number of aromatic hydroxyl groups is 1. The highest BCUT2D eigenvalue weighted by molar-refractivity contribution is 7.90. The van der Waals surface area contributed by atoms with Gasteiger partial charge in [-0.05, 0) is 24.1 Å². The van der Waals surface area contributed by atoms with E-state index < -0.39 is 21.8 Å². The van der Waals surface area contributed by atoms with Crippen molar-refractivity contribution in [1.82, 2.24) is 0 Å². The van der Waals surface area contributed by atoms with Crippen LogP contribution in [0.2, 0.25) is 0 Å². The van der Waals surface area contributed by atoms with Gasteiger partial charge in [-0.3, -0.25) is 4.79 Å². The van der Waals surface area contributed by atoms with E-state index in [0.717, 1.165) is 12.7 Å². The monoisotopic (exact) mass is 300 g/mol. The van der Waals surface area contributed by atoms with Crippen molar-refractivity contribution in [2.75, 3.05) is 11.6 Å². The molecule has 2 atom stereocenters. The molecule has 0 aliphatic heterocycles. The predicted molar refractivity (Wildman–Crippen MR) is 77.3 cm³/mol. The number of hydrogen-bond donors (Lipinski definition) is 3. The van der Waals surface area contributed by atoms with Crippen molar-refractivity contribution in [1.29, 1.82) is 0 Å². The van der Waals surface area contributed by atoms with Crippen LogP contribution in [-0.2, 0) is 14.6 Å². The fourth-order valence-electron chi connectivity index (χ4n) is 1.57. The van der Waals surface area contributed by atoms with E-state index in [0.29, 0.717) is 0 Å². The minimum atomic E-state index is -3.41. The summed E-state index contributed by atoms with van der Waals surface area (Å²) >= 11 is 0.